The Morgan fingerprint density at radius 2 is 1.55 bits per heavy atom. The fourth-order valence-electron chi connectivity index (χ4n) is 8.92. The smallest absolute Gasteiger partial charge is 0.251 e. The zero-order valence-corrected chi connectivity index (χ0v) is 38.1. The molecule has 4 heterocycles. The van der Waals surface area contributed by atoms with Crippen molar-refractivity contribution in [2.45, 2.75) is 117 Å². The van der Waals surface area contributed by atoms with E-state index in [-0.39, 0.29) is 42.8 Å². The van der Waals surface area contributed by atoms with Crippen molar-refractivity contribution in [1.82, 2.24) is 40.4 Å². The van der Waals surface area contributed by atoms with Gasteiger partial charge in [-0.05, 0) is 78.0 Å². The summed E-state index contributed by atoms with van der Waals surface area (Å²) in [6, 6.07) is 26.8. The molecular formula is C50H59N9O4S. The van der Waals surface area contributed by atoms with Gasteiger partial charge >= 0.3 is 0 Å². The number of β-amino-alcohol motifs (C(OH)–C–C–N with tert-alkyl or cyclic N) is 1. The molecule has 5 atom stereocenters. The third-order valence-electron chi connectivity index (χ3n) is 12.4. The average molecular weight is 882 g/mol. The summed E-state index contributed by atoms with van der Waals surface area (Å²) in [5, 5.41) is 28.5. The van der Waals surface area contributed by atoms with E-state index in [1.807, 2.05) is 117 Å². The van der Waals surface area contributed by atoms with Crippen LogP contribution in [0.1, 0.15) is 92.7 Å². The minimum atomic E-state index is -0.784. The van der Waals surface area contributed by atoms with Crippen LogP contribution >= 0.6 is 11.3 Å². The SMILES string of the molecule is CCCc1cc(N[C@@H]2CC[C@@H](NC(=O)c3ccc(-c4ccc(CNC(C(=O)N5C[C@H](O)C[C@H]5C(=O)NCc5ccc(-c6scnc6C)cc5)C(C)(C)C)cc4)cc3)C2)n2nccc2n1. The molecular weight excluding hydrogens is 823 g/mol. The quantitative estimate of drug-likeness (QED) is 0.0711. The van der Waals surface area contributed by atoms with Gasteiger partial charge in [-0.3, -0.25) is 14.4 Å². The lowest BCUT2D eigenvalue weighted by Crippen LogP contribution is -2.56. The van der Waals surface area contributed by atoms with E-state index in [1.54, 1.807) is 22.4 Å². The van der Waals surface area contributed by atoms with Crippen LogP contribution in [0.25, 0.3) is 27.2 Å². The zero-order chi connectivity index (χ0) is 45.0. The van der Waals surface area contributed by atoms with Gasteiger partial charge < -0.3 is 31.3 Å². The van der Waals surface area contributed by atoms with Gasteiger partial charge in [0.1, 0.15) is 11.9 Å². The zero-order valence-electron chi connectivity index (χ0n) is 37.3. The molecule has 5 N–H and O–H groups in total. The summed E-state index contributed by atoms with van der Waals surface area (Å²) in [6.07, 6.45) is 5.78. The second-order valence-electron chi connectivity index (χ2n) is 18.3. The average Bonchev–Trinajstić information content (AvgIpc) is 4.11. The molecule has 1 saturated heterocycles. The molecule has 0 radical (unpaired) electrons. The number of rotatable bonds is 15. The van der Waals surface area contributed by atoms with E-state index in [0.29, 0.717) is 18.7 Å². The Morgan fingerprint density at radius 3 is 2.22 bits per heavy atom. The number of fused-ring (bicyclic) bond motifs is 1. The maximum Gasteiger partial charge on any atom is 0.251 e. The first-order valence-electron chi connectivity index (χ1n) is 22.4. The third-order valence-corrected chi connectivity index (χ3v) is 13.4. The molecule has 0 spiro atoms. The Balaban J connectivity index is 0.827. The number of hydrogen-bond acceptors (Lipinski definition) is 10. The summed E-state index contributed by atoms with van der Waals surface area (Å²) < 4.78 is 1.85. The third kappa shape index (κ3) is 10.4. The highest BCUT2D eigenvalue weighted by Crippen LogP contribution is 2.30. The number of thiazole rings is 1. The first-order valence-corrected chi connectivity index (χ1v) is 23.3. The van der Waals surface area contributed by atoms with Crippen LogP contribution in [0.5, 0.6) is 0 Å². The molecule has 2 fully saturated rings. The number of carbonyl (C=O) groups is 3. The molecule has 8 rings (SSSR count). The van der Waals surface area contributed by atoms with Crippen LogP contribution in [0.2, 0.25) is 0 Å². The van der Waals surface area contributed by atoms with Crippen molar-refractivity contribution in [2.24, 2.45) is 5.41 Å². The molecule has 2 aliphatic rings. The largest absolute Gasteiger partial charge is 0.391 e. The predicted octanol–water partition coefficient (Wildman–Crippen LogP) is 7.33. The minimum Gasteiger partial charge on any atom is -0.391 e. The molecule has 0 bridgehead atoms. The summed E-state index contributed by atoms with van der Waals surface area (Å²) in [6.45, 7) is 11.0. The molecule has 1 unspecified atom stereocenters. The number of aliphatic hydroxyl groups excluding tert-OH is 1. The van der Waals surface area contributed by atoms with E-state index in [2.05, 4.69) is 44.3 Å². The number of aromatic nitrogens is 4. The number of nitrogens with one attached hydrogen (secondary N) is 4. The molecule has 64 heavy (non-hydrogen) atoms. The Hall–Kier alpha value is -5.96. The Bertz CT molecular complexity index is 2570. The highest BCUT2D eigenvalue weighted by Gasteiger charge is 2.43. The predicted molar refractivity (Wildman–Crippen MR) is 252 cm³/mol. The molecule has 1 aliphatic carbocycles. The van der Waals surface area contributed by atoms with Crippen LogP contribution in [0.15, 0.2) is 96.6 Å². The minimum absolute atomic E-state index is 0.0751. The van der Waals surface area contributed by atoms with Crippen molar-refractivity contribution in [2.75, 3.05) is 11.9 Å². The number of carbonyl (C=O) groups excluding carboxylic acids is 3. The lowest BCUT2D eigenvalue weighted by Gasteiger charge is -2.35. The van der Waals surface area contributed by atoms with Crippen LogP contribution in [-0.4, -0.2) is 84.1 Å². The van der Waals surface area contributed by atoms with E-state index in [4.69, 9.17) is 4.98 Å². The number of amides is 3. The number of aliphatic hydroxyl groups is 1. The van der Waals surface area contributed by atoms with Gasteiger partial charge in [0.15, 0.2) is 5.65 Å². The van der Waals surface area contributed by atoms with E-state index in [1.165, 1.54) is 0 Å². The van der Waals surface area contributed by atoms with Crippen molar-refractivity contribution >= 4 is 40.5 Å². The van der Waals surface area contributed by atoms with Gasteiger partial charge in [0.05, 0.1) is 34.4 Å². The topological polar surface area (TPSA) is 166 Å². The van der Waals surface area contributed by atoms with E-state index in [9.17, 15) is 19.5 Å². The second kappa shape index (κ2) is 19.4. The Labute approximate surface area is 379 Å². The fourth-order valence-corrected chi connectivity index (χ4v) is 9.73. The van der Waals surface area contributed by atoms with Crippen LogP contribution < -0.4 is 21.3 Å². The van der Waals surface area contributed by atoms with Crippen molar-refractivity contribution in [1.29, 1.82) is 0 Å². The highest BCUT2D eigenvalue weighted by atomic mass is 32.1. The summed E-state index contributed by atoms with van der Waals surface area (Å²) in [5.74, 6) is 0.372. The number of likely N-dealkylation sites (tertiary alicyclic amines) is 1. The first kappa shape index (κ1) is 44.6. The highest BCUT2D eigenvalue weighted by molar-refractivity contribution is 7.13. The molecule has 3 amide bonds. The number of benzene rings is 3. The standard InChI is InChI=1S/C50H59N9O4S/c1-6-7-38-25-44(59-43(55-38)22-23-54-59)56-39-20-21-40(24-39)57-47(61)37-18-16-35(17-19-37)34-12-8-32(9-13-34)27-51-46(50(3,4)5)49(63)58-29-41(60)26-42(58)48(62)52-28-33-10-14-36(15-11-33)45-31(2)53-30-64-45/h8-19,22-23,25,30,39-42,46,51,56,60H,6-7,20-21,24,26-29H2,1-5H3,(H,52,62)(H,57,61)/t39-,40-,41-,42+,46?/m1/s1. The Kier molecular flexibility index (Phi) is 13.5. The number of aryl methyl sites for hydroxylation is 2. The Morgan fingerprint density at radius 1 is 0.875 bits per heavy atom. The first-order chi connectivity index (χ1) is 30.8. The number of hydrogen-bond donors (Lipinski definition) is 5. The molecule has 3 aromatic heterocycles. The summed E-state index contributed by atoms with van der Waals surface area (Å²) in [7, 11) is 0. The van der Waals surface area contributed by atoms with E-state index >= 15 is 0 Å². The van der Waals surface area contributed by atoms with Crippen molar-refractivity contribution in [3.05, 3.63) is 125 Å². The molecule has 334 valence electrons. The maximum atomic E-state index is 14.2. The van der Waals surface area contributed by atoms with Gasteiger partial charge in [0, 0.05) is 61.5 Å². The fraction of sp³-hybridized carbons (Fsp3) is 0.400. The molecule has 3 aromatic carbocycles. The van der Waals surface area contributed by atoms with Gasteiger partial charge in [-0.15, -0.1) is 11.3 Å². The van der Waals surface area contributed by atoms with Gasteiger partial charge in [-0.1, -0.05) is 94.8 Å². The van der Waals surface area contributed by atoms with E-state index < -0.39 is 23.6 Å². The second-order valence-corrected chi connectivity index (χ2v) is 19.2. The van der Waals surface area contributed by atoms with Crippen molar-refractivity contribution in [3.63, 3.8) is 0 Å². The van der Waals surface area contributed by atoms with Crippen LogP contribution in [-0.2, 0) is 29.1 Å². The molecule has 14 heteroatoms. The number of anilines is 1. The van der Waals surface area contributed by atoms with Crippen molar-refractivity contribution in [3.8, 4) is 21.6 Å². The van der Waals surface area contributed by atoms with Crippen molar-refractivity contribution < 1.29 is 19.5 Å². The maximum absolute atomic E-state index is 14.2. The molecule has 6 aromatic rings. The molecule has 1 aliphatic heterocycles. The van der Waals surface area contributed by atoms with Crippen LogP contribution in [0.3, 0.4) is 0 Å². The lowest BCUT2D eigenvalue weighted by atomic mass is 9.85. The van der Waals surface area contributed by atoms with Gasteiger partial charge in [-0.25, -0.2) is 9.97 Å². The molecule has 1 saturated carbocycles. The normalized spacial score (nSPS) is 19.2. The van der Waals surface area contributed by atoms with Crippen LogP contribution in [0, 0.1) is 12.3 Å². The summed E-state index contributed by atoms with van der Waals surface area (Å²) in [5.41, 5.74) is 9.88. The van der Waals surface area contributed by atoms with E-state index in [0.717, 1.165) is 87.7 Å². The summed E-state index contributed by atoms with van der Waals surface area (Å²) >= 11 is 1.60. The number of nitrogens with zero attached hydrogens (tertiary/aromatic N) is 5. The summed E-state index contributed by atoms with van der Waals surface area (Å²) in [4.78, 5) is 52.8. The monoisotopic (exact) mass is 881 g/mol. The van der Waals surface area contributed by atoms with Gasteiger partial charge in [-0.2, -0.15) is 9.61 Å². The van der Waals surface area contributed by atoms with Crippen LogP contribution in [0.4, 0.5) is 5.82 Å². The van der Waals surface area contributed by atoms with Gasteiger partial charge in [0.25, 0.3) is 5.91 Å². The van der Waals surface area contributed by atoms with Gasteiger partial charge in [0.2, 0.25) is 11.8 Å². The molecule has 13 nitrogen and oxygen atoms in total. The lowest BCUT2D eigenvalue weighted by molar-refractivity contribution is -0.142.